The molecule has 1 aromatic carbocycles. The Bertz CT molecular complexity index is 657. The van der Waals surface area contributed by atoms with E-state index in [1.54, 1.807) is 13.0 Å². The zero-order chi connectivity index (χ0) is 15.6. The van der Waals surface area contributed by atoms with E-state index in [2.05, 4.69) is 10.3 Å². The highest BCUT2D eigenvalue weighted by atomic mass is 19.4. The first-order chi connectivity index (χ1) is 9.90. The largest absolute Gasteiger partial charge is 0.493 e. The zero-order valence-electron chi connectivity index (χ0n) is 11.8. The van der Waals surface area contributed by atoms with Crippen LogP contribution in [-0.4, -0.2) is 25.7 Å². The highest BCUT2D eigenvalue weighted by molar-refractivity contribution is 5.94. The number of halogens is 3. The van der Waals surface area contributed by atoms with Crippen LogP contribution in [0.25, 0.3) is 10.9 Å². The second kappa shape index (κ2) is 5.67. The molecule has 0 fully saturated rings. The number of rotatable bonds is 4. The maximum atomic E-state index is 12.9. The number of alkyl halides is 3. The molecule has 0 aliphatic carbocycles. The fourth-order valence-electron chi connectivity index (χ4n) is 2.03. The van der Waals surface area contributed by atoms with Crippen molar-refractivity contribution < 1.29 is 22.6 Å². The summed E-state index contributed by atoms with van der Waals surface area (Å²) in [6, 6.07) is 4.04. The number of ether oxygens (including phenoxy) is 2. The zero-order valence-corrected chi connectivity index (χ0v) is 11.8. The lowest BCUT2D eigenvalue weighted by Crippen LogP contribution is -2.10. The van der Waals surface area contributed by atoms with Gasteiger partial charge in [-0.3, -0.25) is 0 Å². The molecule has 114 valence electrons. The minimum absolute atomic E-state index is 0.193. The molecular weight excluding hydrogens is 285 g/mol. The van der Waals surface area contributed by atoms with Crippen LogP contribution < -0.4 is 14.8 Å². The molecule has 0 bridgehead atoms. The third-order valence-electron chi connectivity index (χ3n) is 2.97. The quantitative estimate of drug-likeness (QED) is 0.935. The average Bonchev–Trinajstić information content (AvgIpc) is 2.44. The van der Waals surface area contributed by atoms with Gasteiger partial charge in [0, 0.05) is 23.7 Å². The van der Waals surface area contributed by atoms with Crippen LogP contribution in [0.3, 0.4) is 0 Å². The average molecular weight is 300 g/mol. The Morgan fingerprint density at radius 3 is 2.24 bits per heavy atom. The molecule has 0 saturated heterocycles. The van der Waals surface area contributed by atoms with Crippen LogP contribution in [0.5, 0.6) is 11.5 Å². The maximum Gasteiger partial charge on any atom is 0.433 e. The second-order valence-electron chi connectivity index (χ2n) is 4.31. The van der Waals surface area contributed by atoms with Crippen molar-refractivity contribution >= 4 is 16.6 Å². The number of aromatic nitrogens is 1. The van der Waals surface area contributed by atoms with Crippen molar-refractivity contribution in [3.63, 3.8) is 0 Å². The summed E-state index contributed by atoms with van der Waals surface area (Å²) in [5.74, 6) is 0.769. The summed E-state index contributed by atoms with van der Waals surface area (Å²) in [5, 5.41) is 3.46. The van der Waals surface area contributed by atoms with Crippen LogP contribution in [0.4, 0.5) is 18.9 Å². The van der Waals surface area contributed by atoms with Gasteiger partial charge in [0.05, 0.1) is 19.7 Å². The summed E-state index contributed by atoms with van der Waals surface area (Å²) in [6.45, 7) is 2.30. The molecule has 21 heavy (non-hydrogen) atoms. The number of hydrogen-bond donors (Lipinski definition) is 1. The molecule has 0 aliphatic heterocycles. The van der Waals surface area contributed by atoms with E-state index in [1.807, 2.05) is 0 Å². The smallest absolute Gasteiger partial charge is 0.433 e. The van der Waals surface area contributed by atoms with Gasteiger partial charge < -0.3 is 14.8 Å². The fourth-order valence-corrected chi connectivity index (χ4v) is 2.03. The maximum absolute atomic E-state index is 12.9. The van der Waals surface area contributed by atoms with Gasteiger partial charge in [-0.2, -0.15) is 13.2 Å². The van der Waals surface area contributed by atoms with Crippen LogP contribution in [0.15, 0.2) is 18.2 Å². The number of hydrogen-bond acceptors (Lipinski definition) is 4. The van der Waals surface area contributed by atoms with Gasteiger partial charge in [-0.05, 0) is 19.1 Å². The third-order valence-corrected chi connectivity index (χ3v) is 2.97. The van der Waals surface area contributed by atoms with Crippen molar-refractivity contribution in [2.75, 3.05) is 26.1 Å². The van der Waals surface area contributed by atoms with Crippen LogP contribution in [0.2, 0.25) is 0 Å². The van der Waals surface area contributed by atoms with Crippen LogP contribution in [0, 0.1) is 0 Å². The van der Waals surface area contributed by atoms with Gasteiger partial charge in [0.25, 0.3) is 0 Å². The first-order valence-corrected chi connectivity index (χ1v) is 6.28. The molecule has 2 aromatic rings. The lowest BCUT2D eigenvalue weighted by Gasteiger charge is -2.15. The van der Waals surface area contributed by atoms with Crippen LogP contribution in [0.1, 0.15) is 12.6 Å². The molecule has 0 spiro atoms. The van der Waals surface area contributed by atoms with Crippen LogP contribution in [-0.2, 0) is 6.18 Å². The first kappa shape index (κ1) is 15.2. The number of pyridine rings is 1. The molecule has 4 nitrogen and oxygen atoms in total. The summed E-state index contributed by atoms with van der Waals surface area (Å²) in [5.41, 5.74) is -0.396. The first-order valence-electron chi connectivity index (χ1n) is 6.28. The van der Waals surface area contributed by atoms with Gasteiger partial charge in [0.15, 0.2) is 11.5 Å². The number of nitrogens with one attached hydrogen (secondary N) is 1. The standard InChI is InChI=1S/C14H15F3N2O2/c1-4-18-9-7-13(14(15,16)17)19-10-6-12(21-3)11(20-2)5-8(9)10/h5-7H,4H2,1-3H3,(H,18,19). The van der Waals surface area contributed by atoms with E-state index < -0.39 is 11.9 Å². The van der Waals surface area contributed by atoms with E-state index in [-0.39, 0.29) is 5.52 Å². The van der Waals surface area contributed by atoms with Gasteiger partial charge in [0.1, 0.15) is 5.69 Å². The number of anilines is 1. The van der Waals surface area contributed by atoms with Crippen molar-refractivity contribution in [2.45, 2.75) is 13.1 Å². The Hall–Kier alpha value is -2.18. The fraction of sp³-hybridized carbons (Fsp3) is 0.357. The molecule has 7 heteroatoms. The molecule has 0 unspecified atom stereocenters. The predicted molar refractivity (Wildman–Crippen MR) is 74.0 cm³/mol. The van der Waals surface area contributed by atoms with Crippen molar-refractivity contribution in [2.24, 2.45) is 0 Å². The number of methoxy groups -OCH3 is 2. The van der Waals surface area contributed by atoms with E-state index in [9.17, 15) is 13.2 Å². The van der Waals surface area contributed by atoms with E-state index in [4.69, 9.17) is 9.47 Å². The van der Waals surface area contributed by atoms with E-state index in [0.29, 0.717) is 29.1 Å². The molecule has 1 N–H and O–H groups in total. The number of benzene rings is 1. The minimum atomic E-state index is -4.51. The van der Waals surface area contributed by atoms with Gasteiger partial charge in [-0.1, -0.05) is 0 Å². The highest BCUT2D eigenvalue weighted by Crippen LogP contribution is 2.38. The van der Waals surface area contributed by atoms with E-state index in [1.165, 1.54) is 20.3 Å². The minimum Gasteiger partial charge on any atom is -0.493 e. The van der Waals surface area contributed by atoms with Gasteiger partial charge >= 0.3 is 6.18 Å². The van der Waals surface area contributed by atoms with Gasteiger partial charge in [0.2, 0.25) is 0 Å². The van der Waals surface area contributed by atoms with Gasteiger partial charge in [-0.15, -0.1) is 0 Å². The predicted octanol–water partition coefficient (Wildman–Crippen LogP) is 3.70. The van der Waals surface area contributed by atoms with Gasteiger partial charge in [-0.25, -0.2) is 4.98 Å². The number of fused-ring (bicyclic) bond motifs is 1. The Balaban J connectivity index is 2.75. The summed E-state index contributed by atoms with van der Waals surface area (Å²) in [7, 11) is 2.89. The SMILES string of the molecule is CCNc1cc(C(F)(F)F)nc2cc(OC)c(OC)cc12. The van der Waals surface area contributed by atoms with Crippen molar-refractivity contribution in [3.05, 3.63) is 23.9 Å². The number of nitrogens with zero attached hydrogens (tertiary/aromatic N) is 1. The lowest BCUT2D eigenvalue weighted by atomic mass is 10.1. The molecule has 0 radical (unpaired) electrons. The second-order valence-corrected chi connectivity index (χ2v) is 4.31. The Labute approximate surface area is 119 Å². The Kier molecular flexibility index (Phi) is 4.11. The monoisotopic (exact) mass is 300 g/mol. The summed E-state index contributed by atoms with van der Waals surface area (Å²) in [4.78, 5) is 3.67. The lowest BCUT2D eigenvalue weighted by molar-refractivity contribution is -0.140. The molecule has 2 rings (SSSR count). The van der Waals surface area contributed by atoms with Crippen molar-refractivity contribution in [1.82, 2.24) is 4.98 Å². The van der Waals surface area contributed by atoms with Crippen molar-refractivity contribution in [3.8, 4) is 11.5 Å². The molecular formula is C14H15F3N2O2. The highest BCUT2D eigenvalue weighted by Gasteiger charge is 2.33. The van der Waals surface area contributed by atoms with E-state index >= 15 is 0 Å². The molecule has 0 saturated carbocycles. The molecule has 0 atom stereocenters. The van der Waals surface area contributed by atoms with Crippen molar-refractivity contribution in [1.29, 1.82) is 0 Å². The van der Waals surface area contributed by atoms with E-state index in [0.717, 1.165) is 6.07 Å². The third kappa shape index (κ3) is 2.96. The normalized spacial score (nSPS) is 11.5. The molecule has 1 heterocycles. The topological polar surface area (TPSA) is 43.4 Å². The summed E-state index contributed by atoms with van der Waals surface area (Å²) >= 11 is 0. The molecule has 0 amide bonds. The summed E-state index contributed by atoms with van der Waals surface area (Å²) in [6.07, 6.45) is -4.51. The Morgan fingerprint density at radius 1 is 1.10 bits per heavy atom. The Morgan fingerprint density at radius 2 is 1.71 bits per heavy atom. The molecule has 1 aromatic heterocycles. The van der Waals surface area contributed by atoms with Crippen LogP contribution >= 0.6 is 0 Å². The molecule has 0 aliphatic rings. The summed E-state index contributed by atoms with van der Waals surface area (Å²) < 4.78 is 49.0.